The van der Waals surface area contributed by atoms with Crippen LogP contribution in [0.4, 0.5) is 4.39 Å². The number of hydrazine groups is 1. The van der Waals surface area contributed by atoms with Crippen molar-refractivity contribution in [2.45, 2.75) is 12.3 Å². The van der Waals surface area contributed by atoms with Crippen LogP contribution in [0, 0.1) is 5.82 Å². The van der Waals surface area contributed by atoms with Crippen molar-refractivity contribution >= 4 is 0 Å². The van der Waals surface area contributed by atoms with E-state index in [1.165, 1.54) is 6.07 Å². The molecule has 0 aliphatic carbocycles. The van der Waals surface area contributed by atoms with E-state index in [-0.39, 0.29) is 11.2 Å². The molecular weight excluding hydrogens is 195 g/mol. The Hall–Kier alpha value is -1.13. The summed E-state index contributed by atoms with van der Waals surface area (Å²) in [7, 11) is 1.61. The van der Waals surface area contributed by atoms with Crippen molar-refractivity contribution in [1.82, 2.24) is 10.9 Å². The van der Waals surface area contributed by atoms with E-state index in [1.54, 1.807) is 19.2 Å². The van der Waals surface area contributed by atoms with E-state index in [2.05, 4.69) is 17.8 Å². The van der Waals surface area contributed by atoms with Crippen molar-refractivity contribution in [3.05, 3.63) is 29.6 Å². The van der Waals surface area contributed by atoms with Gasteiger partial charge < -0.3 is 4.74 Å². The standard InChI is InChI=1S/C11H15FN2O/c1-11(6-13-14-7-11)9-5-8(12)3-4-10(9)15-2/h3-5,13-14H,6-7H2,1-2H3. The Morgan fingerprint density at radius 2 is 2.00 bits per heavy atom. The molecule has 4 heteroatoms. The summed E-state index contributed by atoms with van der Waals surface area (Å²) in [5.41, 5.74) is 6.90. The number of hydrogen-bond acceptors (Lipinski definition) is 3. The van der Waals surface area contributed by atoms with Crippen LogP contribution in [-0.4, -0.2) is 20.2 Å². The van der Waals surface area contributed by atoms with Crippen LogP contribution in [0.5, 0.6) is 5.75 Å². The average molecular weight is 210 g/mol. The molecule has 1 heterocycles. The first-order valence-corrected chi connectivity index (χ1v) is 4.95. The predicted molar refractivity (Wildman–Crippen MR) is 56.3 cm³/mol. The number of ether oxygens (including phenoxy) is 1. The van der Waals surface area contributed by atoms with Crippen LogP contribution in [0.3, 0.4) is 0 Å². The number of nitrogens with one attached hydrogen (secondary N) is 2. The van der Waals surface area contributed by atoms with Gasteiger partial charge in [-0.25, -0.2) is 4.39 Å². The highest BCUT2D eigenvalue weighted by Crippen LogP contribution is 2.33. The van der Waals surface area contributed by atoms with Crippen LogP contribution in [-0.2, 0) is 5.41 Å². The van der Waals surface area contributed by atoms with Gasteiger partial charge in [-0.2, -0.15) is 0 Å². The van der Waals surface area contributed by atoms with Crippen molar-refractivity contribution < 1.29 is 9.13 Å². The number of halogens is 1. The third kappa shape index (κ3) is 1.82. The molecule has 2 N–H and O–H groups in total. The minimum atomic E-state index is -0.223. The maximum Gasteiger partial charge on any atom is 0.123 e. The SMILES string of the molecule is COc1ccc(F)cc1C1(C)CNNC1. The lowest BCUT2D eigenvalue weighted by molar-refractivity contribution is 0.393. The third-order valence-electron chi connectivity index (χ3n) is 2.89. The minimum absolute atomic E-state index is 0.118. The lowest BCUT2D eigenvalue weighted by atomic mass is 9.83. The van der Waals surface area contributed by atoms with E-state index in [4.69, 9.17) is 4.74 Å². The summed E-state index contributed by atoms with van der Waals surface area (Å²) < 4.78 is 18.5. The predicted octanol–water partition coefficient (Wildman–Crippen LogP) is 1.20. The smallest absolute Gasteiger partial charge is 0.123 e. The lowest BCUT2D eigenvalue weighted by Crippen LogP contribution is -2.28. The molecule has 1 aliphatic heterocycles. The Morgan fingerprint density at radius 1 is 1.33 bits per heavy atom. The molecule has 0 unspecified atom stereocenters. The van der Waals surface area contributed by atoms with Gasteiger partial charge in [0.15, 0.2) is 0 Å². The highest BCUT2D eigenvalue weighted by atomic mass is 19.1. The summed E-state index contributed by atoms with van der Waals surface area (Å²) in [5.74, 6) is 0.517. The number of methoxy groups -OCH3 is 1. The van der Waals surface area contributed by atoms with Crippen LogP contribution in [0.25, 0.3) is 0 Å². The molecule has 0 atom stereocenters. The number of rotatable bonds is 2. The lowest BCUT2D eigenvalue weighted by Gasteiger charge is -2.24. The maximum absolute atomic E-state index is 13.2. The summed E-state index contributed by atoms with van der Waals surface area (Å²) in [6, 6.07) is 4.64. The van der Waals surface area contributed by atoms with Crippen molar-refractivity contribution in [2.75, 3.05) is 20.2 Å². The van der Waals surface area contributed by atoms with Gasteiger partial charge >= 0.3 is 0 Å². The second-order valence-electron chi connectivity index (χ2n) is 4.11. The van der Waals surface area contributed by atoms with Gasteiger partial charge in [0.2, 0.25) is 0 Å². The number of benzene rings is 1. The molecule has 2 rings (SSSR count). The van der Waals surface area contributed by atoms with Gasteiger partial charge in [-0.15, -0.1) is 0 Å². The molecule has 3 nitrogen and oxygen atoms in total. The van der Waals surface area contributed by atoms with Crippen LogP contribution < -0.4 is 15.6 Å². The molecular formula is C11H15FN2O. The molecule has 0 amide bonds. The molecule has 1 aliphatic rings. The first kappa shape index (κ1) is 10.4. The van der Waals surface area contributed by atoms with Gasteiger partial charge in [0, 0.05) is 24.1 Å². The largest absolute Gasteiger partial charge is 0.496 e. The fourth-order valence-corrected chi connectivity index (χ4v) is 1.92. The third-order valence-corrected chi connectivity index (χ3v) is 2.89. The molecule has 0 bridgehead atoms. The fourth-order valence-electron chi connectivity index (χ4n) is 1.92. The Morgan fingerprint density at radius 3 is 2.60 bits per heavy atom. The summed E-state index contributed by atoms with van der Waals surface area (Å²) >= 11 is 0. The van der Waals surface area contributed by atoms with Gasteiger partial charge in [-0.05, 0) is 18.2 Å². The van der Waals surface area contributed by atoms with Gasteiger partial charge in [0.25, 0.3) is 0 Å². The molecule has 15 heavy (non-hydrogen) atoms. The average Bonchev–Trinajstić information content (AvgIpc) is 2.66. The van der Waals surface area contributed by atoms with Crippen LogP contribution in [0.2, 0.25) is 0 Å². The highest BCUT2D eigenvalue weighted by Gasteiger charge is 2.33. The van der Waals surface area contributed by atoms with Crippen LogP contribution in [0.15, 0.2) is 18.2 Å². The second-order valence-corrected chi connectivity index (χ2v) is 4.11. The van der Waals surface area contributed by atoms with Crippen molar-refractivity contribution in [3.8, 4) is 5.75 Å². The van der Waals surface area contributed by atoms with E-state index in [1.807, 2.05) is 0 Å². The molecule has 1 fully saturated rings. The second kappa shape index (κ2) is 3.79. The van der Waals surface area contributed by atoms with E-state index < -0.39 is 0 Å². The maximum atomic E-state index is 13.2. The first-order valence-electron chi connectivity index (χ1n) is 4.95. The molecule has 1 saturated heterocycles. The topological polar surface area (TPSA) is 33.3 Å². The quantitative estimate of drug-likeness (QED) is 0.769. The van der Waals surface area contributed by atoms with Gasteiger partial charge in [0.1, 0.15) is 11.6 Å². The minimum Gasteiger partial charge on any atom is -0.496 e. The van der Waals surface area contributed by atoms with E-state index in [0.717, 1.165) is 24.4 Å². The molecule has 0 aromatic heterocycles. The van der Waals surface area contributed by atoms with Crippen LogP contribution in [0.1, 0.15) is 12.5 Å². The Labute approximate surface area is 88.6 Å². The zero-order valence-corrected chi connectivity index (χ0v) is 8.93. The van der Waals surface area contributed by atoms with E-state index in [0.29, 0.717) is 0 Å². The zero-order chi connectivity index (χ0) is 10.9. The monoisotopic (exact) mass is 210 g/mol. The summed E-state index contributed by atoms with van der Waals surface area (Å²) in [5, 5.41) is 0. The van der Waals surface area contributed by atoms with Gasteiger partial charge in [-0.3, -0.25) is 10.9 Å². The van der Waals surface area contributed by atoms with Crippen molar-refractivity contribution in [1.29, 1.82) is 0 Å². The Bertz CT molecular complexity index is 362. The Balaban J connectivity index is 2.44. The highest BCUT2D eigenvalue weighted by molar-refractivity contribution is 5.41. The first-order chi connectivity index (χ1) is 7.15. The zero-order valence-electron chi connectivity index (χ0n) is 8.93. The molecule has 1 aromatic carbocycles. The van der Waals surface area contributed by atoms with Crippen LogP contribution >= 0.6 is 0 Å². The summed E-state index contributed by atoms with van der Waals surface area (Å²) in [4.78, 5) is 0. The van der Waals surface area contributed by atoms with Crippen molar-refractivity contribution in [3.63, 3.8) is 0 Å². The molecule has 0 saturated carbocycles. The van der Waals surface area contributed by atoms with Gasteiger partial charge in [-0.1, -0.05) is 6.92 Å². The molecule has 0 spiro atoms. The normalized spacial score (nSPS) is 19.1. The van der Waals surface area contributed by atoms with E-state index >= 15 is 0 Å². The van der Waals surface area contributed by atoms with E-state index in [9.17, 15) is 4.39 Å². The summed E-state index contributed by atoms with van der Waals surface area (Å²) in [6.07, 6.45) is 0. The fraction of sp³-hybridized carbons (Fsp3) is 0.455. The Kier molecular flexibility index (Phi) is 2.63. The molecule has 0 radical (unpaired) electrons. The van der Waals surface area contributed by atoms with Gasteiger partial charge in [0.05, 0.1) is 7.11 Å². The molecule has 1 aromatic rings. The molecule has 82 valence electrons. The number of hydrogen-bond donors (Lipinski definition) is 2. The summed E-state index contributed by atoms with van der Waals surface area (Å²) in [6.45, 7) is 3.62. The van der Waals surface area contributed by atoms with Crippen molar-refractivity contribution in [2.24, 2.45) is 0 Å².